The van der Waals surface area contributed by atoms with Crippen molar-refractivity contribution in [1.82, 2.24) is 14.9 Å². The van der Waals surface area contributed by atoms with E-state index >= 15 is 0 Å². The molecule has 2 N–H and O–H groups in total. The van der Waals surface area contributed by atoms with E-state index in [1.54, 1.807) is 18.5 Å². The zero-order chi connectivity index (χ0) is 17.1. The van der Waals surface area contributed by atoms with Gasteiger partial charge in [0.1, 0.15) is 5.82 Å². The van der Waals surface area contributed by atoms with E-state index in [2.05, 4.69) is 14.9 Å². The maximum atomic E-state index is 13.3. The Bertz CT molecular complexity index is 657. The van der Waals surface area contributed by atoms with E-state index in [0.717, 1.165) is 29.9 Å². The Morgan fingerprint density at radius 2 is 2.12 bits per heavy atom. The first-order chi connectivity index (χ1) is 11.5. The van der Waals surface area contributed by atoms with Gasteiger partial charge in [-0.3, -0.25) is 4.90 Å². The smallest absolute Gasteiger partial charge is 0.123 e. The van der Waals surface area contributed by atoms with Crippen LogP contribution in [0.3, 0.4) is 0 Å². The average molecular weight is 333 g/mol. The highest BCUT2D eigenvalue weighted by atomic mass is 19.1. The summed E-state index contributed by atoms with van der Waals surface area (Å²) in [6, 6.07) is 6.41. The summed E-state index contributed by atoms with van der Waals surface area (Å²) < 4.78 is 18.8. The highest BCUT2D eigenvalue weighted by Gasteiger charge is 2.32. The number of H-pyrrole nitrogens is 1. The lowest BCUT2D eigenvalue weighted by molar-refractivity contribution is -0.0134. The molecule has 0 radical (unpaired) electrons. The van der Waals surface area contributed by atoms with Crippen molar-refractivity contribution in [2.75, 3.05) is 19.7 Å². The Balaban J connectivity index is 1.81. The molecule has 1 aliphatic rings. The molecule has 0 unspecified atom stereocenters. The molecule has 3 rings (SSSR count). The fourth-order valence-corrected chi connectivity index (χ4v) is 3.16. The maximum Gasteiger partial charge on any atom is 0.123 e. The molecule has 1 aromatic heterocycles. The normalized spacial score (nSPS) is 19.5. The van der Waals surface area contributed by atoms with E-state index < -0.39 is 6.10 Å². The van der Waals surface area contributed by atoms with Gasteiger partial charge in [0.2, 0.25) is 0 Å². The van der Waals surface area contributed by atoms with E-state index in [9.17, 15) is 9.50 Å². The van der Waals surface area contributed by atoms with Gasteiger partial charge in [-0.15, -0.1) is 0 Å². The third-order valence-electron chi connectivity index (χ3n) is 4.28. The number of aliphatic hydroxyl groups excluding tert-OH is 1. The number of ether oxygens (including phenoxy) is 1. The number of imidazole rings is 1. The van der Waals surface area contributed by atoms with Crippen molar-refractivity contribution in [2.45, 2.75) is 38.5 Å². The molecule has 0 bridgehead atoms. The third-order valence-corrected chi connectivity index (χ3v) is 4.28. The number of fused-ring (bicyclic) bond motifs is 1. The summed E-state index contributed by atoms with van der Waals surface area (Å²) in [6.45, 7) is 5.49. The van der Waals surface area contributed by atoms with Crippen LogP contribution in [0.2, 0.25) is 0 Å². The number of halogens is 1. The monoisotopic (exact) mass is 333 g/mol. The molecular formula is C18H24FN3O2. The van der Waals surface area contributed by atoms with E-state index in [1.165, 1.54) is 12.1 Å². The van der Waals surface area contributed by atoms with Crippen molar-refractivity contribution in [2.24, 2.45) is 0 Å². The summed E-state index contributed by atoms with van der Waals surface area (Å²) in [5, 5.41) is 10.3. The van der Waals surface area contributed by atoms with Crippen LogP contribution in [0.15, 0.2) is 30.6 Å². The SMILES string of the molecule is CC(C)OC[C@@H](O)CN1CCc2[nH]cnc2[C@@H]1c1ccc(F)cc1. The quantitative estimate of drug-likeness (QED) is 0.851. The Morgan fingerprint density at radius 3 is 2.83 bits per heavy atom. The fourth-order valence-electron chi connectivity index (χ4n) is 3.16. The highest BCUT2D eigenvalue weighted by Crippen LogP contribution is 2.33. The zero-order valence-corrected chi connectivity index (χ0v) is 14.1. The Kier molecular flexibility index (Phi) is 5.28. The van der Waals surface area contributed by atoms with Crippen molar-refractivity contribution in [1.29, 1.82) is 0 Å². The lowest BCUT2D eigenvalue weighted by Crippen LogP contribution is -2.42. The van der Waals surface area contributed by atoms with Crippen LogP contribution < -0.4 is 0 Å². The zero-order valence-electron chi connectivity index (χ0n) is 14.1. The topological polar surface area (TPSA) is 61.4 Å². The van der Waals surface area contributed by atoms with Crippen LogP contribution in [0.1, 0.15) is 36.8 Å². The third kappa shape index (κ3) is 3.83. The molecule has 1 aliphatic heterocycles. The molecule has 2 heterocycles. The van der Waals surface area contributed by atoms with Crippen LogP contribution in [0, 0.1) is 5.82 Å². The number of benzene rings is 1. The minimum absolute atomic E-state index is 0.0886. The summed E-state index contributed by atoms with van der Waals surface area (Å²) in [7, 11) is 0. The first-order valence-corrected chi connectivity index (χ1v) is 8.36. The Hall–Kier alpha value is -1.76. The minimum atomic E-state index is -0.573. The van der Waals surface area contributed by atoms with Crippen molar-refractivity contribution in [3.8, 4) is 0 Å². The molecule has 0 saturated carbocycles. The molecule has 1 aromatic carbocycles. The van der Waals surface area contributed by atoms with Crippen molar-refractivity contribution >= 4 is 0 Å². The minimum Gasteiger partial charge on any atom is -0.389 e. The number of nitrogens with one attached hydrogen (secondary N) is 1. The molecule has 0 saturated heterocycles. The number of β-amino-alcohol motifs (C(OH)–C–C–N with tert-alkyl or cyclic N) is 1. The van der Waals surface area contributed by atoms with E-state index in [1.807, 2.05) is 13.8 Å². The van der Waals surface area contributed by atoms with Crippen LogP contribution in [0.25, 0.3) is 0 Å². The van der Waals surface area contributed by atoms with Gasteiger partial charge in [-0.2, -0.15) is 0 Å². The van der Waals surface area contributed by atoms with Gasteiger partial charge in [0.15, 0.2) is 0 Å². The number of hydrogen-bond acceptors (Lipinski definition) is 4. The van der Waals surface area contributed by atoms with Gasteiger partial charge < -0.3 is 14.8 Å². The first kappa shape index (κ1) is 17.1. The molecule has 0 spiro atoms. The standard InChI is InChI=1S/C18H24FN3O2/c1-12(2)24-10-15(23)9-22-8-7-16-17(21-11-20-16)18(22)13-3-5-14(19)6-4-13/h3-6,11-12,15,18,23H,7-10H2,1-2H3,(H,20,21)/t15-,18-/m0/s1. The van der Waals surface area contributed by atoms with Gasteiger partial charge in [0, 0.05) is 25.2 Å². The van der Waals surface area contributed by atoms with Crippen LogP contribution >= 0.6 is 0 Å². The van der Waals surface area contributed by atoms with Crippen LogP contribution in [-0.4, -0.2) is 51.9 Å². The van der Waals surface area contributed by atoms with Gasteiger partial charge in [-0.05, 0) is 31.5 Å². The summed E-state index contributed by atoms with van der Waals surface area (Å²) in [5.41, 5.74) is 3.03. The lowest BCUT2D eigenvalue weighted by Gasteiger charge is -2.36. The van der Waals surface area contributed by atoms with Crippen molar-refractivity contribution in [3.63, 3.8) is 0 Å². The molecule has 0 amide bonds. The first-order valence-electron chi connectivity index (χ1n) is 8.36. The predicted octanol–water partition coefficient (Wildman–Crippen LogP) is 2.28. The van der Waals surface area contributed by atoms with Gasteiger partial charge in [0.25, 0.3) is 0 Å². The Labute approximate surface area is 141 Å². The van der Waals surface area contributed by atoms with Gasteiger partial charge in [-0.25, -0.2) is 9.37 Å². The number of aromatic amines is 1. The van der Waals surface area contributed by atoms with E-state index in [0.29, 0.717) is 13.2 Å². The number of aliphatic hydroxyl groups is 1. The molecule has 130 valence electrons. The van der Waals surface area contributed by atoms with E-state index in [4.69, 9.17) is 4.74 Å². The second kappa shape index (κ2) is 7.42. The number of aromatic nitrogens is 2. The fraction of sp³-hybridized carbons (Fsp3) is 0.500. The lowest BCUT2D eigenvalue weighted by atomic mass is 9.95. The highest BCUT2D eigenvalue weighted by molar-refractivity contribution is 5.32. The second-order valence-corrected chi connectivity index (χ2v) is 6.50. The summed E-state index contributed by atoms with van der Waals surface area (Å²) >= 11 is 0. The van der Waals surface area contributed by atoms with Gasteiger partial charge in [0.05, 0.1) is 36.9 Å². The molecule has 5 nitrogen and oxygen atoms in total. The number of nitrogens with zero attached hydrogens (tertiary/aromatic N) is 2. The predicted molar refractivity (Wildman–Crippen MR) is 89.2 cm³/mol. The Morgan fingerprint density at radius 1 is 1.38 bits per heavy atom. The molecular weight excluding hydrogens is 309 g/mol. The largest absolute Gasteiger partial charge is 0.389 e. The summed E-state index contributed by atoms with van der Waals surface area (Å²) in [5.74, 6) is -0.256. The summed E-state index contributed by atoms with van der Waals surface area (Å²) in [6.07, 6.45) is 2.07. The van der Waals surface area contributed by atoms with Gasteiger partial charge in [-0.1, -0.05) is 12.1 Å². The summed E-state index contributed by atoms with van der Waals surface area (Å²) in [4.78, 5) is 9.83. The number of hydrogen-bond donors (Lipinski definition) is 2. The van der Waals surface area contributed by atoms with Crippen LogP contribution in [0.5, 0.6) is 0 Å². The molecule has 2 aromatic rings. The molecule has 24 heavy (non-hydrogen) atoms. The number of rotatable bonds is 6. The molecule has 6 heteroatoms. The maximum absolute atomic E-state index is 13.3. The average Bonchev–Trinajstić information content (AvgIpc) is 3.02. The molecule has 2 atom stereocenters. The van der Waals surface area contributed by atoms with Crippen molar-refractivity contribution < 1.29 is 14.2 Å². The van der Waals surface area contributed by atoms with Crippen LogP contribution in [-0.2, 0) is 11.2 Å². The van der Waals surface area contributed by atoms with Crippen molar-refractivity contribution in [3.05, 3.63) is 53.4 Å². The van der Waals surface area contributed by atoms with E-state index in [-0.39, 0.29) is 18.0 Å². The molecule has 0 fully saturated rings. The molecule has 0 aliphatic carbocycles. The van der Waals surface area contributed by atoms with Gasteiger partial charge >= 0.3 is 0 Å². The van der Waals surface area contributed by atoms with Crippen LogP contribution in [0.4, 0.5) is 4.39 Å². The second-order valence-electron chi connectivity index (χ2n) is 6.50.